The number of nitrogens with zero attached hydrogens (tertiary/aromatic N) is 2. The molecule has 7 heteroatoms. The minimum Gasteiger partial charge on any atom is -0.289 e. The highest BCUT2D eigenvalue weighted by molar-refractivity contribution is 6.34. The lowest BCUT2D eigenvalue weighted by atomic mass is 10.2. The summed E-state index contributed by atoms with van der Waals surface area (Å²) in [6.45, 7) is 1.69. The second-order valence-corrected chi connectivity index (χ2v) is 3.68. The summed E-state index contributed by atoms with van der Waals surface area (Å²) >= 11 is 5.68. The quantitative estimate of drug-likeness (QED) is 0.863. The fraction of sp³-hybridized carbons (Fsp3) is 0.100. The van der Waals surface area contributed by atoms with E-state index in [0.717, 1.165) is 0 Å². The standard InChI is InChI=1S/C10H8ClFN4O/c1-5-13-10(16-15-5)14-9(17)6-3-2-4-7(12)8(6)11/h2-4H,1H3,(H2,13,14,15,16,17). The van der Waals surface area contributed by atoms with E-state index in [9.17, 15) is 9.18 Å². The van der Waals surface area contributed by atoms with Crippen molar-refractivity contribution >= 4 is 23.5 Å². The van der Waals surface area contributed by atoms with Crippen LogP contribution >= 0.6 is 11.6 Å². The van der Waals surface area contributed by atoms with E-state index in [-0.39, 0.29) is 16.5 Å². The van der Waals surface area contributed by atoms with Crippen LogP contribution in [0.3, 0.4) is 0 Å². The van der Waals surface area contributed by atoms with Crippen LogP contribution in [0.15, 0.2) is 18.2 Å². The lowest BCUT2D eigenvalue weighted by molar-refractivity contribution is 0.102. The van der Waals surface area contributed by atoms with Crippen molar-refractivity contribution in [3.8, 4) is 0 Å². The first kappa shape index (κ1) is 11.5. The molecule has 1 aromatic carbocycles. The van der Waals surface area contributed by atoms with E-state index in [1.807, 2.05) is 0 Å². The smallest absolute Gasteiger partial charge is 0.259 e. The maximum Gasteiger partial charge on any atom is 0.259 e. The lowest BCUT2D eigenvalue weighted by Gasteiger charge is -2.03. The van der Waals surface area contributed by atoms with Crippen molar-refractivity contribution in [1.29, 1.82) is 0 Å². The van der Waals surface area contributed by atoms with Gasteiger partial charge < -0.3 is 0 Å². The molecule has 2 N–H and O–H groups in total. The largest absolute Gasteiger partial charge is 0.289 e. The van der Waals surface area contributed by atoms with Crippen LogP contribution in [0.25, 0.3) is 0 Å². The van der Waals surface area contributed by atoms with Crippen molar-refractivity contribution in [2.45, 2.75) is 6.92 Å². The number of aryl methyl sites for hydroxylation is 1. The molecule has 88 valence electrons. The number of benzene rings is 1. The number of hydrogen-bond acceptors (Lipinski definition) is 3. The second-order valence-electron chi connectivity index (χ2n) is 3.30. The molecular weight excluding hydrogens is 247 g/mol. The number of halogens is 2. The SMILES string of the molecule is Cc1nc(NC(=O)c2cccc(F)c2Cl)n[nH]1. The molecule has 2 rings (SSSR count). The zero-order chi connectivity index (χ0) is 12.4. The Morgan fingerprint density at radius 3 is 2.94 bits per heavy atom. The molecule has 0 saturated heterocycles. The van der Waals surface area contributed by atoms with Crippen LogP contribution in [0.1, 0.15) is 16.2 Å². The highest BCUT2D eigenvalue weighted by atomic mass is 35.5. The minimum absolute atomic E-state index is 0.0362. The topological polar surface area (TPSA) is 70.7 Å². The molecule has 0 aliphatic heterocycles. The third-order valence-corrected chi connectivity index (χ3v) is 2.40. The summed E-state index contributed by atoms with van der Waals surface area (Å²) in [5.41, 5.74) is 0.0362. The van der Waals surface area contributed by atoms with Crippen LogP contribution in [-0.4, -0.2) is 21.1 Å². The molecule has 0 radical (unpaired) electrons. The monoisotopic (exact) mass is 254 g/mol. The first-order valence-corrected chi connectivity index (χ1v) is 5.10. The molecule has 0 unspecified atom stereocenters. The summed E-state index contributed by atoms with van der Waals surface area (Å²) in [7, 11) is 0. The molecule has 0 spiro atoms. The minimum atomic E-state index is -0.648. The Morgan fingerprint density at radius 1 is 1.53 bits per heavy atom. The number of aromatic nitrogens is 3. The molecule has 2 aromatic rings. The number of amides is 1. The fourth-order valence-corrected chi connectivity index (χ4v) is 1.46. The Balaban J connectivity index is 2.23. The van der Waals surface area contributed by atoms with E-state index in [1.54, 1.807) is 6.92 Å². The normalized spacial score (nSPS) is 10.3. The second kappa shape index (κ2) is 4.50. The predicted octanol–water partition coefficient (Wildman–Crippen LogP) is 2.16. The van der Waals surface area contributed by atoms with Crippen LogP contribution < -0.4 is 5.32 Å². The van der Waals surface area contributed by atoms with Crippen LogP contribution in [0.5, 0.6) is 0 Å². The predicted molar refractivity (Wildman–Crippen MR) is 60.5 cm³/mol. The van der Waals surface area contributed by atoms with Gasteiger partial charge in [0, 0.05) is 0 Å². The summed E-state index contributed by atoms with van der Waals surface area (Å²) in [4.78, 5) is 15.6. The number of carbonyl (C=O) groups is 1. The van der Waals surface area contributed by atoms with E-state index in [4.69, 9.17) is 11.6 Å². The first-order chi connectivity index (χ1) is 8.08. The molecule has 0 atom stereocenters. The Bertz CT molecular complexity index is 569. The number of hydrogen-bond donors (Lipinski definition) is 2. The van der Waals surface area contributed by atoms with Crippen molar-refractivity contribution in [3.63, 3.8) is 0 Å². The average Bonchev–Trinajstić information content (AvgIpc) is 2.68. The average molecular weight is 255 g/mol. The van der Waals surface area contributed by atoms with Gasteiger partial charge in [-0.15, -0.1) is 5.10 Å². The van der Waals surface area contributed by atoms with Crippen LogP contribution in [0.2, 0.25) is 5.02 Å². The Kier molecular flexibility index (Phi) is 3.06. The van der Waals surface area contributed by atoms with Gasteiger partial charge in [-0.25, -0.2) is 4.39 Å². The van der Waals surface area contributed by atoms with Gasteiger partial charge in [-0.05, 0) is 19.1 Å². The van der Waals surface area contributed by atoms with Gasteiger partial charge in [0.2, 0.25) is 5.95 Å². The summed E-state index contributed by atoms with van der Waals surface area (Å²) in [5.74, 6) is -0.530. The van der Waals surface area contributed by atoms with Crippen molar-refractivity contribution in [3.05, 3.63) is 40.4 Å². The number of rotatable bonds is 2. The number of anilines is 1. The molecule has 5 nitrogen and oxygen atoms in total. The Hall–Kier alpha value is -1.95. The van der Waals surface area contributed by atoms with Gasteiger partial charge in [-0.2, -0.15) is 4.98 Å². The summed E-state index contributed by atoms with van der Waals surface area (Å²) in [5, 5.41) is 8.48. The van der Waals surface area contributed by atoms with Gasteiger partial charge in [0.15, 0.2) is 0 Å². The first-order valence-electron chi connectivity index (χ1n) is 4.72. The fourth-order valence-electron chi connectivity index (χ4n) is 1.25. The van der Waals surface area contributed by atoms with Gasteiger partial charge in [-0.3, -0.25) is 15.2 Å². The summed E-state index contributed by atoms with van der Waals surface area (Å²) < 4.78 is 13.1. The maximum atomic E-state index is 13.1. The molecule has 0 aliphatic carbocycles. The highest BCUT2D eigenvalue weighted by Gasteiger charge is 2.14. The van der Waals surface area contributed by atoms with Gasteiger partial charge in [0.25, 0.3) is 5.91 Å². The lowest BCUT2D eigenvalue weighted by Crippen LogP contribution is -2.14. The zero-order valence-electron chi connectivity index (χ0n) is 8.79. The van der Waals surface area contributed by atoms with E-state index >= 15 is 0 Å². The Labute approximate surface area is 101 Å². The van der Waals surface area contributed by atoms with Crippen molar-refractivity contribution in [2.24, 2.45) is 0 Å². The third-order valence-electron chi connectivity index (χ3n) is 2.02. The molecule has 1 heterocycles. The molecule has 17 heavy (non-hydrogen) atoms. The van der Waals surface area contributed by atoms with Gasteiger partial charge in [0.05, 0.1) is 10.6 Å². The molecule has 1 amide bonds. The van der Waals surface area contributed by atoms with Crippen LogP contribution in [0.4, 0.5) is 10.3 Å². The van der Waals surface area contributed by atoms with E-state index in [0.29, 0.717) is 5.82 Å². The summed E-state index contributed by atoms with van der Waals surface area (Å²) in [6.07, 6.45) is 0. The zero-order valence-corrected chi connectivity index (χ0v) is 9.55. The Morgan fingerprint density at radius 2 is 2.29 bits per heavy atom. The van der Waals surface area contributed by atoms with E-state index < -0.39 is 11.7 Å². The number of H-pyrrole nitrogens is 1. The van der Waals surface area contributed by atoms with Crippen molar-refractivity contribution in [1.82, 2.24) is 15.2 Å². The molecular formula is C10H8ClFN4O. The molecule has 0 bridgehead atoms. The molecule has 1 aromatic heterocycles. The number of aromatic amines is 1. The third kappa shape index (κ3) is 2.42. The highest BCUT2D eigenvalue weighted by Crippen LogP contribution is 2.20. The molecule has 0 saturated carbocycles. The van der Waals surface area contributed by atoms with Crippen LogP contribution in [0, 0.1) is 12.7 Å². The van der Waals surface area contributed by atoms with E-state index in [1.165, 1.54) is 18.2 Å². The van der Waals surface area contributed by atoms with E-state index in [2.05, 4.69) is 20.5 Å². The molecule has 0 fully saturated rings. The van der Waals surface area contributed by atoms with Crippen molar-refractivity contribution in [2.75, 3.05) is 5.32 Å². The van der Waals surface area contributed by atoms with Gasteiger partial charge in [-0.1, -0.05) is 17.7 Å². The number of carbonyl (C=O) groups excluding carboxylic acids is 1. The van der Waals surface area contributed by atoms with Crippen molar-refractivity contribution < 1.29 is 9.18 Å². The van der Waals surface area contributed by atoms with Gasteiger partial charge >= 0.3 is 0 Å². The van der Waals surface area contributed by atoms with Gasteiger partial charge in [0.1, 0.15) is 11.6 Å². The number of nitrogens with one attached hydrogen (secondary N) is 2. The maximum absolute atomic E-state index is 13.1. The van der Waals surface area contributed by atoms with Crippen LogP contribution in [-0.2, 0) is 0 Å². The molecule has 0 aliphatic rings. The summed E-state index contributed by atoms with van der Waals surface area (Å²) in [6, 6.07) is 4.00.